The number of carboxylic acids is 1. The molecule has 0 saturated carbocycles. The molecule has 0 aromatic carbocycles. The van der Waals surface area contributed by atoms with Crippen LogP contribution in [0, 0.1) is 11.3 Å². The molecule has 19 heavy (non-hydrogen) atoms. The van der Waals surface area contributed by atoms with Gasteiger partial charge in [-0.15, -0.1) is 0 Å². The summed E-state index contributed by atoms with van der Waals surface area (Å²) in [6.45, 7) is 14.0. The molecule has 0 aromatic heterocycles. The van der Waals surface area contributed by atoms with Crippen molar-refractivity contribution in [2.45, 2.75) is 53.0 Å². The molecule has 0 spiro atoms. The van der Waals surface area contributed by atoms with E-state index in [4.69, 9.17) is 0 Å². The van der Waals surface area contributed by atoms with Gasteiger partial charge in [0.05, 0.1) is 0 Å². The van der Waals surface area contributed by atoms with E-state index in [0.717, 1.165) is 26.1 Å². The maximum absolute atomic E-state index is 11.5. The molecule has 0 amide bonds. The molecular formula is C15H30N2O2. The average Bonchev–Trinajstić information content (AvgIpc) is 2.74. The molecule has 1 heterocycles. The number of hydrogen-bond donors (Lipinski definition) is 2. The van der Waals surface area contributed by atoms with E-state index < -0.39 is 11.5 Å². The lowest BCUT2D eigenvalue weighted by molar-refractivity contribution is -0.145. The molecule has 1 aliphatic rings. The predicted molar refractivity (Wildman–Crippen MR) is 78.3 cm³/mol. The van der Waals surface area contributed by atoms with Crippen molar-refractivity contribution < 1.29 is 9.90 Å². The molecule has 4 heteroatoms. The lowest BCUT2D eigenvalue weighted by Gasteiger charge is -2.32. The summed E-state index contributed by atoms with van der Waals surface area (Å²) in [4.78, 5) is 13.8. The van der Waals surface area contributed by atoms with Gasteiger partial charge < -0.3 is 15.3 Å². The molecule has 0 aliphatic carbocycles. The van der Waals surface area contributed by atoms with Crippen molar-refractivity contribution >= 4 is 5.97 Å². The first-order valence-electron chi connectivity index (χ1n) is 7.40. The van der Waals surface area contributed by atoms with Crippen LogP contribution in [0.15, 0.2) is 0 Å². The van der Waals surface area contributed by atoms with E-state index in [2.05, 4.69) is 37.9 Å². The number of nitrogens with zero attached hydrogens (tertiary/aromatic N) is 1. The SMILES string of the molecule is CCCNC(C)(CN1CCC(C(C)(C)C)C1)C(=O)O. The summed E-state index contributed by atoms with van der Waals surface area (Å²) in [6.07, 6.45) is 2.13. The van der Waals surface area contributed by atoms with Crippen LogP contribution in [0.25, 0.3) is 0 Å². The van der Waals surface area contributed by atoms with Gasteiger partial charge in [-0.2, -0.15) is 0 Å². The first-order valence-corrected chi connectivity index (χ1v) is 7.40. The van der Waals surface area contributed by atoms with E-state index >= 15 is 0 Å². The molecule has 0 bridgehead atoms. The summed E-state index contributed by atoms with van der Waals surface area (Å²) in [5.41, 5.74) is -0.520. The van der Waals surface area contributed by atoms with Crippen LogP contribution in [0.5, 0.6) is 0 Å². The first-order chi connectivity index (χ1) is 8.69. The number of nitrogens with one attached hydrogen (secondary N) is 1. The van der Waals surface area contributed by atoms with E-state index in [0.29, 0.717) is 17.9 Å². The molecule has 1 fully saturated rings. The van der Waals surface area contributed by atoms with Gasteiger partial charge in [-0.05, 0) is 44.2 Å². The van der Waals surface area contributed by atoms with E-state index in [1.807, 2.05) is 0 Å². The van der Waals surface area contributed by atoms with E-state index in [1.54, 1.807) is 6.92 Å². The lowest BCUT2D eigenvalue weighted by atomic mass is 9.80. The van der Waals surface area contributed by atoms with Gasteiger partial charge in [0.25, 0.3) is 0 Å². The second-order valence-corrected chi connectivity index (χ2v) is 7.15. The largest absolute Gasteiger partial charge is 0.480 e. The molecule has 0 aromatic rings. The Kier molecular flexibility index (Phi) is 5.39. The Morgan fingerprint density at radius 3 is 2.42 bits per heavy atom. The summed E-state index contributed by atoms with van der Waals surface area (Å²) in [5, 5.41) is 12.6. The lowest BCUT2D eigenvalue weighted by Crippen LogP contribution is -2.56. The summed E-state index contributed by atoms with van der Waals surface area (Å²) >= 11 is 0. The summed E-state index contributed by atoms with van der Waals surface area (Å²) in [7, 11) is 0. The molecule has 1 rings (SSSR count). The molecule has 2 unspecified atom stereocenters. The number of likely N-dealkylation sites (tertiary alicyclic amines) is 1. The summed E-state index contributed by atoms with van der Waals surface area (Å²) < 4.78 is 0. The Bertz CT molecular complexity index is 312. The van der Waals surface area contributed by atoms with Crippen LogP contribution in [0.2, 0.25) is 0 Å². The zero-order valence-corrected chi connectivity index (χ0v) is 13.1. The van der Waals surface area contributed by atoms with Crippen LogP contribution >= 0.6 is 0 Å². The van der Waals surface area contributed by atoms with Crippen LogP contribution in [-0.4, -0.2) is 47.7 Å². The number of aliphatic carboxylic acids is 1. The van der Waals surface area contributed by atoms with Gasteiger partial charge in [0.1, 0.15) is 5.54 Å². The monoisotopic (exact) mass is 270 g/mol. The third-order valence-electron chi connectivity index (χ3n) is 4.27. The third kappa shape index (κ3) is 4.46. The Morgan fingerprint density at radius 2 is 2.00 bits per heavy atom. The van der Waals surface area contributed by atoms with Crippen molar-refractivity contribution in [1.29, 1.82) is 0 Å². The highest BCUT2D eigenvalue weighted by Crippen LogP contribution is 2.33. The minimum Gasteiger partial charge on any atom is -0.480 e. The third-order valence-corrected chi connectivity index (χ3v) is 4.27. The summed E-state index contributed by atoms with van der Waals surface area (Å²) in [5.74, 6) is -0.0862. The molecule has 1 aliphatic heterocycles. The van der Waals surface area contributed by atoms with Crippen LogP contribution in [-0.2, 0) is 4.79 Å². The van der Waals surface area contributed by atoms with Crippen molar-refractivity contribution in [3.8, 4) is 0 Å². The Hall–Kier alpha value is -0.610. The van der Waals surface area contributed by atoms with Gasteiger partial charge in [-0.1, -0.05) is 27.7 Å². The van der Waals surface area contributed by atoms with Gasteiger partial charge in [0.2, 0.25) is 0 Å². The van der Waals surface area contributed by atoms with Gasteiger partial charge in [0, 0.05) is 13.1 Å². The standard InChI is InChI=1S/C15H30N2O2/c1-6-8-16-15(5,13(18)19)11-17-9-7-12(10-17)14(2,3)4/h12,16H,6-11H2,1-5H3,(H,18,19). The maximum atomic E-state index is 11.5. The zero-order valence-electron chi connectivity index (χ0n) is 13.1. The number of carboxylic acid groups (broad SMARTS) is 1. The minimum atomic E-state index is -0.831. The highest BCUT2D eigenvalue weighted by atomic mass is 16.4. The van der Waals surface area contributed by atoms with Crippen LogP contribution in [0.4, 0.5) is 0 Å². The Labute approximate surface area is 117 Å². The number of carbonyl (C=O) groups is 1. The molecule has 0 radical (unpaired) electrons. The van der Waals surface area contributed by atoms with Crippen molar-refractivity contribution in [1.82, 2.24) is 10.2 Å². The van der Waals surface area contributed by atoms with E-state index in [9.17, 15) is 9.90 Å². The van der Waals surface area contributed by atoms with Crippen molar-refractivity contribution in [2.24, 2.45) is 11.3 Å². The number of rotatable bonds is 6. The highest BCUT2D eigenvalue weighted by Gasteiger charge is 2.38. The normalized spacial score (nSPS) is 24.4. The molecule has 2 N–H and O–H groups in total. The Morgan fingerprint density at radius 1 is 1.37 bits per heavy atom. The van der Waals surface area contributed by atoms with Crippen LogP contribution < -0.4 is 5.32 Å². The van der Waals surface area contributed by atoms with E-state index in [1.165, 1.54) is 6.42 Å². The minimum absolute atomic E-state index is 0.311. The maximum Gasteiger partial charge on any atom is 0.324 e. The van der Waals surface area contributed by atoms with Crippen molar-refractivity contribution in [2.75, 3.05) is 26.2 Å². The van der Waals surface area contributed by atoms with E-state index in [-0.39, 0.29) is 0 Å². The quantitative estimate of drug-likeness (QED) is 0.777. The predicted octanol–water partition coefficient (Wildman–Crippen LogP) is 2.20. The molecule has 2 atom stereocenters. The average molecular weight is 270 g/mol. The van der Waals surface area contributed by atoms with Crippen LogP contribution in [0.3, 0.4) is 0 Å². The fourth-order valence-electron chi connectivity index (χ4n) is 2.73. The van der Waals surface area contributed by atoms with Crippen molar-refractivity contribution in [3.63, 3.8) is 0 Å². The number of hydrogen-bond acceptors (Lipinski definition) is 3. The molecule has 1 saturated heterocycles. The van der Waals surface area contributed by atoms with Crippen molar-refractivity contribution in [3.05, 3.63) is 0 Å². The van der Waals surface area contributed by atoms with Gasteiger partial charge in [0.15, 0.2) is 0 Å². The summed E-state index contributed by atoms with van der Waals surface area (Å²) in [6, 6.07) is 0. The Balaban J connectivity index is 2.60. The first kappa shape index (κ1) is 16.4. The van der Waals surface area contributed by atoms with Gasteiger partial charge >= 0.3 is 5.97 Å². The zero-order chi connectivity index (χ0) is 14.7. The molecular weight excluding hydrogens is 240 g/mol. The fourth-order valence-corrected chi connectivity index (χ4v) is 2.73. The van der Waals surface area contributed by atoms with Gasteiger partial charge in [-0.3, -0.25) is 4.79 Å². The molecule has 112 valence electrons. The van der Waals surface area contributed by atoms with Gasteiger partial charge in [-0.25, -0.2) is 0 Å². The second kappa shape index (κ2) is 6.23. The highest BCUT2D eigenvalue weighted by molar-refractivity contribution is 5.78. The topological polar surface area (TPSA) is 52.6 Å². The fraction of sp³-hybridized carbons (Fsp3) is 0.933. The second-order valence-electron chi connectivity index (χ2n) is 7.15. The molecule has 4 nitrogen and oxygen atoms in total. The van der Waals surface area contributed by atoms with Crippen LogP contribution in [0.1, 0.15) is 47.5 Å². The smallest absolute Gasteiger partial charge is 0.324 e.